The molecule has 5 nitrogen and oxygen atoms in total. The van der Waals surface area contributed by atoms with Gasteiger partial charge in [0, 0.05) is 6.21 Å². The van der Waals surface area contributed by atoms with Crippen LogP contribution in [0.5, 0.6) is 0 Å². The number of nitrogens with two attached hydrogens (primary N) is 1. The van der Waals surface area contributed by atoms with Crippen molar-refractivity contribution >= 4 is 12.2 Å². The molecule has 13 heavy (non-hydrogen) atoms. The van der Waals surface area contributed by atoms with Crippen molar-refractivity contribution in [3.05, 3.63) is 11.8 Å². The molecule has 0 saturated carbocycles. The van der Waals surface area contributed by atoms with Crippen LogP contribution in [0.3, 0.4) is 0 Å². The molecule has 0 aromatic heterocycles. The quantitative estimate of drug-likeness (QED) is 0.604. The van der Waals surface area contributed by atoms with Crippen LogP contribution in [0.1, 0.15) is 6.42 Å². The third-order valence-corrected chi connectivity index (χ3v) is 1.81. The van der Waals surface area contributed by atoms with E-state index >= 15 is 0 Å². The van der Waals surface area contributed by atoms with Crippen LogP contribution in [0, 0.1) is 0 Å². The minimum atomic E-state index is -1.32. The van der Waals surface area contributed by atoms with Gasteiger partial charge in [-0.2, -0.15) is 0 Å². The number of nitrogens with zero attached hydrogens (tertiary/aromatic N) is 1. The molecule has 0 radical (unpaired) electrons. The fourth-order valence-corrected chi connectivity index (χ4v) is 1.07. The van der Waals surface area contributed by atoms with E-state index in [1.165, 1.54) is 20.4 Å². The van der Waals surface area contributed by atoms with Crippen LogP contribution in [-0.4, -0.2) is 32.1 Å². The molecule has 0 spiro atoms. The second-order valence-corrected chi connectivity index (χ2v) is 2.71. The smallest absolute Gasteiger partial charge is 0.349 e. The molecule has 0 bridgehead atoms. The summed E-state index contributed by atoms with van der Waals surface area (Å²) in [5.74, 6) is 0.0503. The molecule has 1 unspecified atom stereocenters. The average Bonchev–Trinajstić information content (AvgIpc) is 2.16. The fraction of sp³-hybridized carbons (Fsp3) is 0.500. The van der Waals surface area contributed by atoms with E-state index in [1.807, 2.05) is 0 Å². The van der Waals surface area contributed by atoms with Crippen molar-refractivity contribution in [3.8, 4) is 0 Å². The number of allylic oxidation sites excluding steroid dienone is 1. The molecule has 1 atom stereocenters. The summed E-state index contributed by atoms with van der Waals surface area (Å²) in [5, 5.41) is 0. The number of dihydropyridines is 1. The molecule has 0 fully saturated rings. The van der Waals surface area contributed by atoms with Gasteiger partial charge in [-0.05, 0) is 6.08 Å². The summed E-state index contributed by atoms with van der Waals surface area (Å²) in [6.07, 6.45) is 3.33. The van der Waals surface area contributed by atoms with E-state index in [-0.39, 0.29) is 6.42 Å². The molecule has 0 aromatic rings. The molecule has 2 N–H and O–H groups in total. The number of rotatable bonds is 2. The van der Waals surface area contributed by atoms with Gasteiger partial charge in [0.15, 0.2) is 0 Å². The van der Waals surface area contributed by atoms with E-state index in [1.54, 1.807) is 6.08 Å². The van der Waals surface area contributed by atoms with E-state index in [0.29, 0.717) is 5.76 Å². The number of methoxy groups -OCH3 is 2. The standard InChI is InChI=1S/C8H12N2O3/c1-12-6-3-4-10-8(9,5-6)7(11)13-2/h3-4H,5,9H2,1-2H3. The van der Waals surface area contributed by atoms with Crippen LogP contribution in [0.4, 0.5) is 0 Å². The second-order valence-electron chi connectivity index (χ2n) is 2.71. The largest absolute Gasteiger partial charge is 0.501 e. The first-order valence-electron chi connectivity index (χ1n) is 3.78. The number of hydrogen-bond acceptors (Lipinski definition) is 5. The van der Waals surface area contributed by atoms with Gasteiger partial charge in [-0.25, -0.2) is 4.79 Å². The summed E-state index contributed by atoms with van der Waals surface area (Å²) in [7, 11) is 2.79. The Bertz CT molecular complexity index is 273. The highest BCUT2D eigenvalue weighted by Gasteiger charge is 2.37. The Morgan fingerprint density at radius 1 is 1.69 bits per heavy atom. The minimum Gasteiger partial charge on any atom is -0.501 e. The Kier molecular flexibility index (Phi) is 2.67. The number of aliphatic imine (C=N–C) groups is 1. The third-order valence-electron chi connectivity index (χ3n) is 1.81. The lowest BCUT2D eigenvalue weighted by atomic mass is 10.0. The topological polar surface area (TPSA) is 73.9 Å². The van der Waals surface area contributed by atoms with E-state index in [0.717, 1.165) is 0 Å². The van der Waals surface area contributed by atoms with Gasteiger partial charge in [-0.3, -0.25) is 10.7 Å². The minimum absolute atomic E-state index is 0.229. The number of carbonyl (C=O) groups excluding carboxylic acids is 1. The SMILES string of the molecule is COC(=O)C1(N)CC(OC)=CC=N1. The monoisotopic (exact) mass is 184 g/mol. The van der Waals surface area contributed by atoms with Gasteiger partial charge in [0.25, 0.3) is 0 Å². The summed E-state index contributed by atoms with van der Waals surface area (Å²) in [5.41, 5.74) is 4.36. The highest BCUT2D eigenvalue weighted by Crippen LogP contribution is 2.20. The fourth-order valence-electron chi connectivity index (χ4n) is 1.07. The maximum atomic E-state index is 11.2. The summed E-state index contributed by atoms with van der Waals surface area (Å²) < 4.78 is 9.49. The maximum Gasteiger partial charge on any atom is 0.349 e. The van der Waals surface area contributed by atoms with Crippen LogP contribution < -0.4 is 5.73 Å². The molecular weight excluding hydrogens is 172 g/mol. The zero-order valence-electron chi connectivity index (χ0n) is 7.61. The Labute approximate surface area is 76.2 Å². The van der Waals surface area contributed by atoms with Gasteiger partial charge in [-0.1, -0.05) is 0 Å². The summed E-state index contributed by atoms with van der Waals surface area (Å²) in [6.45, 7) is 0. The van der Waals surface area contributed by atoms with Crippen molar-refractivity contribution in [2.24, 2.45) is 10.7 Å². The lowest BCUT2D eigenvalue weighted by molar-refractivity contribution is -0.147. The van der Waals surface area contributed by atoms with E-state index in [9.17, 15) is 4.79 Å². The van der Waals surface area contributed by atoms with E-state index < -0.39 is 11.6 Å². The zero-order chi connectivity index (χ0) is 9.90. The predicted molar refractivity (Wildman–Crippen MR) is 47.1 cm³/mol. The van der Waals surface area contributed by atoms with Crippen molar-refractivity contribution in [2.45, 2.75) is 12.1 Å². The normalized spacial score (nSPS) is 26.5. The molecule has 0 amide bonds. The number of carbonyl (C=O) groups is 1. The van der Waals surface area contributed by atoms with E-state index in [4.69, 9.17) is 10.5 Å². The summed E-state index contributed by atoms with van der Waals surface area (Å²) in [6, 6.07) is 0. The van der Waals surface area contributed by atoms with Gasteiger partial charge in [0.05, 0.1) is 20.6 Å². The molecule has 72 valence electrons. The molecule has 1 rings (SSSR count). The Balaban J connectivity index is 2.80. The maximum absolute atomic E-state index is 11.2. The highest BCUT2D eigenvalue weighted by molar-refractivity contribution is 5.86. The molecular formula is C8H12N2O3. The average molecular weight is 184 g/mol. The lowest BCUT2D eigenvalue weighted by Crippen LogP contribution is -2.48. The Morgan fingerprint density at radius 3 is 2.92 bits per heavy atom. The summed E-state index contributed by atoms with van der Waals surface area (Å²) in [4.78, 5) is 15.1. The van der Waals surface area contributed by atoms with Crippen molar-refractivity contribution in [1.82, 2.24) is 0 Å². The predicted octanol–water partition coefficient (Wildman–Crippen LogP) is -0.181. The van der Waals surface area contributed by atoms with Crippen molar-refractivity contribution < 1.29 is 14.3 Å². The molecule has 1 aliphatic heterocycles. The molecule has 1 heterocycles. The first kappa shape index (κ1) is 9.73. The van der Waals surface area contributed by atoms with Crippen LogP contribution in [0.15, 0.2) is 16.8 Å². The number of ether oxygens (including phenoxy) is 2. The molecule has 0 aliphatic carbocycles. The van der Waals surface area contributed by atoms with Crippen LogP contribution >= 0.6 is 0 Å². The second kappa shape index (κ2) is 3.57. The van der Waals surface area contributed by atoms with Crippen molar-refractivity contribution in [1.29, 1.82) is 0 Å². The van der Waals surface area contributed by atoms with Crippen LogP contribution in [-0.2, 0) is 14.3 Å². The van der Waals surface area contributed by atoms with Crippen LogP contribution in [0.25, 0.3) is 0 Å². The molecule has 0 saturated heterocycles. The highest BCUT2D eigenvalue weighted by atomic mass is 16.5. The summed E-state index contributed by atoms with van der Waals surface area (Å²) >= 11 is 0. The Morgan fingerprint density at radius 2 is 2.38 bits per heavy atom. The van der Waals surface area contributed by atoms with Gasteiger partial charge >= 0.3 is 5.97 Å². The molecule has 1 aliphatic rings. The van der Waals surface area contributed by atoms with Crippen molar-refractivity contribution in [2.75, 3.05) is 14.2 Å². The number of hydrogen-bond donors (Lipinski definition) is 1. The first-order chi connectivity index (χ1) is 6.12. The number of esters is 1. The zero-order valence-corrected chi connectivity index (χ0v) is 7.61. The van der Waals surface area contributed by atoms with Crippen LogP contribution in [0.2, 0.25) is 0 Å². The molecule has 5 heteroatoms. The lowest BCUT2D eigenvalue weighted by Gasteiger charge is -2.24. The van der Waals surface area contributed by atoms with Gasteiger partial charge in [0.2, 0.25) is 5.66 Å². The van der Waals surface area contributed by atoms with Gasteiger partial charge in [0.1, 0.15) is 5.76 Å². The third kappa shape index (κ3) is 1.86. The first-order valence-corrected chi connectivity index (χ1v) is 3.78. The molecule has 0 aromatic carbocycles. The van der Waals surface area contributed by atoms with E-state index in [2.05, 4.69) is 9.73 Å². The van der Waals surface area contributed by atoms with Gasteiger partial charge in [-0.15, -0.1) is 0 Å². The Hall–Kier alpha value is -1.36. The van der Waals surface area contributed by atoms with Gasteiger partial charge < -0.3 is 9.47 Å². The van der Waals surface area contributed by atoms with Crippen molar-refractivity contribution in [3.63, 3.8) is 0 Å².